The average Bonchev–Trinajstić information content (AvgIpc) is 2.81. The molecule has 2 heterocycles. The highest BCUT2D eigenvalue weighted by Crippen LogP contribution is 2.19. The summed E-state index contributed by atoms with van der Waals surface area (Å²) in [5.74, 6) is -0.801. The summed E-state index contributed by atoms with van der Waals surface area (Å²) in [5, 5.41) is 2.78. The van der Waals surface area contributed by atoms with Crippen LogP contribution in [0.5, 0.6) is 0 Å². The first-order valence-corrected chi connectivity index (χ1v) is 10.5. The van der Waals surface area contributed by atoms with Gasteiger partial charge in [0, 0.05) is 30.4 Å². The van der Waals surface area contributed by atoms with Crippen LogP contribution in [0.25, 0.3) is 22.4 Å². The molecule has 0 unspecified atom stereocenters. The fraction of sp³-hybridized carbons (Fsp3) is 0.167. The number of aromatic nitrogens is 3. The maximum atomic E-state index is 13.3. The zero-order valence-electron chi connectivity index (χ0n) is 17.3. The highest BCUT2D eigenvalue weighted by Gasteiger charge is 2.14. The lowest BCUT2D eigenvalue weighted by Gasteiger charge is -2.11. The van der Waals surface area contributed by atoms with Crippen LogP contribution in [0.3, 0.4) is 0 Å². The molecule has 8 heteroatoms. The summed E-state index contributed by atoms with van der Waals surface area (Å²) in [6.07, 6.45) is 2.43. The molecular formula is C24H20ClFN4O2. The summed E-state index contributed by atoms with van der Waals surface area (Å²) in [5.41, 5.74) is 3.02. The Labute approximate surface area is 188 Å². The van der Waals surface area contributed by atoms with E-state index in [4.69, 9.17) is 11.6 Å². The van der Waals surface area contributed by atoms with Gasteiger partial charge in [-0.2, -0.15) is 0 Å². The minimum atomic E-state index is -0.506. The van der Waals surface area contributed by atoms with Gasteiger partial charge >= 0.3 is 0 Å². The normalized spacial score (nSPS) is 11.0. The average molecular weight is 451 g/mol. The second-order valence-corrected chi connectivity index (χ2v) is 7.68. The zero-order chi connectivity index (χ0) is 22.7. The lowest BCUT2D eigenvalue weighted by atomic mass is 10.1. The Morgan fingerprint density at radius 2 is 1.94 bits per heavy atom. The van der Waals surface area contributed by atoms with Crippen LogP contribution in [-0.2, 0) is 13.1 Å². The molecule has 0 fully saturated rings. The van der Waals surface area contributed by atoms with E-state index in [1.165, 1.54) is 12.1 Å². The molecule has 32 heavy (non-hydrogen) atoms. The van der Waals surface area contributed by atoms with Crippen molar-refractivity contribution in [3.8, 4) is 11.3 Å². The Hall–Kier alpha value is -3.58. The highest BCUT2D eigenvalue weighted by atomic mass is 35.5. The van der Waals surface area contributed by atoms with Crippen LogP contribution in [0.4, 0.5) is 4.39 Å². The number of carbonyl (C=O) groups excluding carboxylic acids is 1. The third kappa shape index (κ3) is 4.38. The molecule has 162 valence electrons. The molecule has 0 saturated heterocycles. The largest absolute Gasteiger partial charge is 0.348 e. The summed E-state index contributed by atoms with van der Waals surface area (Å²) < 4.78 is 14.9. The molecule has 0 aliphatic heterocycles. The van der Waals surface area contributed by atoms with Gasteiger partial charge in [0.2, 0.25) is 0 Å². The molecule has 0 spiro atoms. The second kappa shape index (κ2) is 9.28. The van der Waals surface area contributed by atoms with Crippen LogP contribution in [0.15, 0.2) is 65.6 Å². The standard InChI is InChI=1S/C24H20ClFN4O2/c1-2-12-30-22-20(4-3-11-27-22)29-21(24(30)32)16-6-8-17(9-7-16)23(31)28-14-15-5-10-19(26)18(25)13-15/h3-11,13H,2,12,14H2,1H3,(H,28,31). The predicted molar refractivity (Wildman–Crippen MR) is 122 cm³/mol. The van der Waals surface area contributed by atoms with Crippen LogP contribution in [0.2, 0.25) is 5.02 Å². The van der Waals surface area contributed by atoms with Gasteiger partial charge in [-0.15, -0.1) is 0 Å². The summed E-state index contributed by atoms with van der Waals surface area (Å²) in [7, 11) is 0. The number of halogens is 2. The monoisotopic (exact) mass is 450 g/mol. The number of hydrogen-bond donors (Lipinski definition) is 1. The number of nitrogens with zero attached hydrogens (tertiary/aromatic N) is 3. The number of fused-ring (bicyclic) bond motifs is 1. The summed E-state index contributed by atoms with van der Waals surface area (Å²) in [6, 6.07) is 14.6. The van der Waals surface area contributed by atoms with Gasteiger partial charge in [0.05, 0.1) is 5.02 Å². The number of carbonyl (C=O) groups is 1. The predicted octanol–water partition coefficient (Wildman–Crippen LogP) is 4.59. The first-order chi connectivity index (χ1) is 15.5. The molecule has 1 amide bonds. The molecule has 4 rings (SSSR count). The van der Waals surface area contributed by atoms with Crippen LogP contribution >= 0.6 is 11.6 Å². The molecule has 1 N–H and O–H groups in total. The maximum Gasteiger partial charge on any atom is 0.278 e. The molecule has 0 bridgehead atoms. The van der Waals surface area contributed by atoms with Crippen molar-refractivity contribution in [2.24, 2.45) is 0 Å². The van der Waals surface area contributed by atoms with E-state index >= 15 is 0 Å². The van der Waals surface area contributed by atoms with Crippen molar-refractivity contribution in [2.45, 2.75) is 26.4 Å². The van der Waals surface area contributed by atoms with Crippen LogP contribution in [0.1, 0.15) is 29.3 Å². The van der Waals surface area contributed by atoms with Crippen molar-refractivity contribution in [3.05, 3.63) is 93.1 Å². The van der Waals surface area contributed by atoms with Crippen molar-refractivity contribution >= 4 is 28.7 Å². The van der Waals surface area contributed by atoms with E-state index in [2.05, 4.69) is 15.3 Å². The van der Waals surface area contributed by atoms with Crippen molar-refractivity contribution in [1.82, 2.24) is 19.9 Å². The van der Waals surface area contributed by atoms with Gasteiger partial charge in [0.1, 0.15) is 17.0 Å². The van der Waals surface area contributed by atoms with E-state index in [1.54, 1.807) is 47.2 Å². The van der Waals surface area contributed by atoms with Crippen LogP contribution < -0.4 is 10.9 Å². The fourth-order valence-corrected chi connectivity index (χ4v) is 3.61. The molecular weight excluding hydrogens is 431 g/mol. The van der Waals surface area contributed by atoms with E-state index in [0.717, 1.165) is 6.42 Å². The number of hydrogen-bond acceptors (Lipinski definition) is 4. The summed E-state index contributed by atoms with van der Waals surface area (Å²) >= 11 is 5.78. The first-order valence-electron chi connectivity index (χ1n) is 10.2. The van der Waals surface area contributed by atoms with E-state index in [1.807, 2.05) is 13.0 Å². The number of nitrogens with one attached hydrogen (secondary N) is 1. The Balaban J connectivity index is 1.57. The molecule has 0 aliphatic rings. The third-order valence-electron chi connectivity index (χ3n) is 5.01. The lowest BCUT2D eigenvalue weighted by molar-refractivity contribution is 0.0951. The van der Waals surface area contributed by atoms with Gasteiger partial charge in [-0.05, 0) is 48.4 Å². The highest BCUT2D eigenvalue weighted by molar-refractivity contribution is 6.30. The quantitative estimate of drug-likeness (QED) is 0.466. The zero-order valence-corrected chi connectivity index (χ0v) is 18.1. The van der Waals surface area contributed by atoms with Gasteiger partial charge in [-0.25, -0.2) is 14.4 Å². The van der Waals surface area contributed by atoms with Gasteiger partial charge < -0.3 is 5.32 Å². The summed E-state index contributed by atoms with van der Waals surface area (Å²) in [6.45, 7) is 2.74. The Kier molecular flexibility index (Phi) is 6.28. The molecule has 2 aromatic heterocycles. The lowest BCUT2D eigenvalue weighted by Crippen LogP contribution is -2.24. The Bertz CT molecular complexity index is 1350. The van der Waals surface area contributed by atoms with Crippen molar-refractivity contribution in [3.63, 3.8) is 0 Å². The molecule has 0 atom stereocenters. The van der Waals surface area contributed by atoms with Crippen molar-refractivity contribution in [2.75, 3.05) is 0 Å². The fourth-order valence-electron chi connectivity index (χ4n) is 3.41. The number of rotatable bonds is 6. The molecule has 2 aromatic carbocycles. The van der Waals surface area contributed by atoms with Crippen molar-refractivity contribution < 1.29 is 9.18 Å². The third-order valence-corrected chi connectivity index (χ3v) is 5.30. The Morgan fingerprint density at radius 3 is 2.66 bits per heavy atom. The second-order valence-electron chi connectivity index (χ2n) is 7.27. The molecule has 6 nitrogen and oxygen atoms in total. The smallest absolute Gasteiger partial charge is 0.278 e. The molecule has 0 radical (unpaired) electrons. The van der Waals surface area contributed by atoms with Gasteiger partial charge in [0.15, 0.2) is 5.65 Å². The number of aryl methyl sites for hydroxylation is 1. The summed E-state index contributed by atoms with van der Waals surface area (Å²) in [4.78, 5) is 34.4. The van der Waals surface area contributed by atoms with E-state index in [0.29, 0.717) is 40.1 Å². The van der Waals surface area contributed by atoms with E-state index in [9.17, 15) is 14.0 Å². The topological polar surface area (TPSA) is 76.9 Å². The van der Waals surface area contributed by atoms with Crippen LogP contribution in [-0.4, -0.2) is 20.4 Å². The van der Waals surface area contributed by atoms with E-state index < -0.39 is 5.82 Å². The number of benzene rings is 2. The molecule has 0 saturated carbocycles. The molecule has 0 aliphatic carbocycles. The van der Waals surface area contributed by atoms with Gasteiger partial charge in [-0.1, -0.05) is 36.7 Å². The SMILES string of the molecule is CCCn1c(=O)c(-c2ccc(C(=O)NCc3ccc(F)c(Cl)c3)cc2)nc2cccnc21. The minimum absolute atomic E-state index is 0.00733. The Morgan fingerprint density at radius 1 is 1.16 bits per heavy atom. The number of amides is 1. The van der Waals surface area contributed by atoms with Gasteiger partial charge in [-0.3, -0.25) is 14.2 Å². The van der Waals surface area contributed by atoms with Crippen LogP contribution in [0, 0.1) is 5.82 Å². The maximum absolute atomic E-state index is 13.3. The van der Waals surface area contributed by atoms with E-state index in [-0.39, 0.29) is 23.0 Å². The minimum Gasteiger partial charge on any atom is -0.348 e. The van der Waals surface area contributed by atoms with Crippen molar-refractivity contribution in [1.29, 1.82) is 0 Å². The van der Waals surface area contributed by atoms with Gasteiger partial charge in [0.25, 0.3) is 11.5 Å². The number of pyridine rings is 1. The first kappa shape index (κ1) is 21.6. The molecule has 4 aromatic rings.